The van der Waals surface area contributed by atoms with E-state index < -0.39 is 16.9 Å². The number of aliphatic imine (C=N–C) groups is 1. The standard InChI is InChI=1S/C20H21FN4O2/c1-19(11-26)9-13-6-5-12(14-4-3-7-23-16(14)21)8-15(13)20(10-19)17(27)25(2)18(22)24-20/h3-8,26H,9-11H2,1-2H3,(H2,22,24)/t19-,20+/m0/s1. The summed E-state index contributed by atoms with van der Waals surface area (Å²) in [5, 5.41) is 9.94. The molecule has 7 heteroatoms. The lowest BCUT2D eigenvalue weighted by Gasteiger charge is -2.42. The Bertz CT molecular complexity index is 976. The molecule has 2 aromatic rings. The molecule has 2 atom stereocenters. The molecule has 0 bridgehead atoms. The Hall–Kier alpha value is -2.80. The number of amides is 1. The van der Waals surface area contributed by atoms with Crippen molar-refractivity contribution in [3.8, 4) is 11.1 Å². The molecule has 1 amide bonds. The van der Waals surface area contributed by atoms with Crippen LogP contribution in [0.2, 0.25) is 0 Å². The molecule has 2 aliphatic rings. The van der Waals surface area contributed by atoms with Crippen LogP contribution in [0.1, 0.15) is 24.5 Å². The van der Waals surface area contributed by atoms with Crippen LogP contribution in [0, 0.1) is 11.4 Å². The van der Waals surface area contributed by atoms with Gasteiger partial charge in [-0.05, 0) is 53.1 Å². The molecule has 1 aromatic carbocycles. The summed E-state index contributed by atoms with van der Waals surface area (Å²) < 4.78 is 14.2. The van der Waals surface area contributed by atoms with Gasteiger partial charge < -0.3 is 10.8 Å². The number of hydrogen-bond donors (Lipinski definition) is 2. The van der Waals surface area contributed by atoms with Gasteiger partial charge in [0.25, 0.3) is 5.91 Å². The number of aromatic nitrogens is 1. The molecule has 0 fully saturated rings. The molecule has 3 N–H and O–H groups in total. The molecular formula is C20H21FN4O2. The monoisotopic (exact) mass is 368 g/mol. The van der Waals surface area contributed by atoms with Crippen LogP contribution in [0.3, 0.4) is 0 Å². The zero-order valence-corrected chi connectivity index (χ0v) is 15.2. The van der Waals surface area contributed by atoms with E-state index in [1.54, 1.807) is 25.2 Å². The Morgan fingerprint density at radius 2 is 2.15 bits per heavy atom. The molecule has 6 nitrogen and oxygen atoms in total. The highest BCUT2D eigenvalue weighted by atomic mass is 19.1. The van der Waals surface area contributed by atoms with Gasteiger partial charge in [-0.2, -0.15) is 4.39 Å². The molecule has 27 heavy (non-hydrogen) atoms. The van der Waals surface area contributed by atoms with E-state index in [-0.39, 0.29) is 18.5 Å². The highest BCUT2D eigenvalue weighted by molar-refractivity contribution is 6.07. The highest BCUT2D eigenvalue weighted by Gasteiger charge is 2.55. The molecule has 4 rings (SSSR count). The predicted molar refractivity (Wildman–Crippen MR) is 99.2 cm³/mol. The lowest BCUT2D eigenvalue weighted by Crippen LogP contribution is -2.47. The van der Waals surface area contributed by atoms with Crippen molar-refractivity contribution in [3.63, 3.8) is 0 Å². The molecule has 1 spiro atoms. The summed E-state index contributed by atoms with van der Waals surface area (Å²) in [5.74, 6) is -0.657. The topological polar surface area (TPSA) is 91.8 Å². The van der Waals surface area contributed by atoms with Crippen molar-refractivity contribution in [2.24, 2.45) is 16.1 Å². The fraction of sp³-hybridized carbons (Fsp3) is 0.350. The number of rotatable bonds is 2. The van der Waals surface area contributed by atoms with E-state index in [1.807, 2.05) is 19.1 Å². The average Bonchev–Trinajstić information content (AvgIpc) is 2.86. The molecule has 2 heterocycles. The van der Waals surface area contributed by atoms with Crippen LogP contribution in [0.15, 0.2) is 41.5 Å². The number of hydrogen-bond acceptors (Lipinski definition) is 5. The van der Waals surface area contributed by atoms with Crippen molar-refractivity contribution in [2.75, 3.05) is 13.7 Å². The van der Waals surface area contributed by atoms with Gasteiger partial charge in [0, 0.05) is 25.4 Å². The van der Waals surface area contributed by atoms with Crippen molar-refractivity contribution in [1.29, 1.82) is 0 Å². The molecule has 0 unspecified atom stereocenters. The number of halogens is 1. The summed E-state index contributed by atoms with van der Waals surface area (Å²) in [4.78, 5) is 22.7. The summed E-state index contributed by atoms with van der Waals surface area (Å²) in [6, 6.07) is 8.81. The zero-order chi connectivity index (χ0) is 19.4. The lowest BCUT2D eigenvalue weighted by molar-refractivity contribution is -0.132. The van der Waals surface area contributed by atoms with Gasteiger partial charge in [-0.25, -0.2) is 9.98 Å². The number of carbonyl (C=O) groups excluding carboxylic acids is 1. The summed E-state index contributed by atoms with van der Waals surface area (Å²) in [6.07, 6.45) is 2.33. The van der Waals surface area contributed by atoms with Crippen LogP contribution >= 0.6 is 0 Å². The number of pyridine rings is 1. The Kier molecular flexibility index (Phi) is 3.82. The minimum absolute atomic E-state index is 0.0698. The number of guanidine groups is 1. The van der Waals surface area contributed by atoms with Crippen molar-refractivity contribution < 1.29 is 14.3 Å². The van der Waals surface area contributed by atoms with Gasteiger partial charge in [0.2, 0.25) is 5.95 Å². The van der Waals surface area contributed by atoms with E-state index in [0.29, 0.717) is 29.5 Å². The quantitative estimate of drug-likeness (QED) is 0.791. The summed E-state index contributed by atoms with van der Waals surface area (Å²) >= 11 is 0. The maximum absolute atomic E-state index is 14.2. The molecule has 1 aliphatic carbocycles. The van der Waals surface area contributed by atoms with Crippen molar-refractivity contribution in [1.82, 2.24) is 9.88 Å². The minimum Gasteiger partial charge on any atom is -0.396 e. The Morgan fingerprint density at radius 1 is 1.37 bits per heavy atom. The lowest BCUT2D eigenvalue weighted by atomic mass is 9.64. The first kappa shape index (κ1) is 17.6. The Labute approximate surface area is 156 Å². The first-order valence-corrected chi connectivity index (χ1v) is 8.78. The number of nitrogens with zero attached hydrogens (tertiary/aromatic N) is 3. The number of benzene rings is 1. The van der Waals surface area contributed by atoms with Gasteiger partial charge in [-0.1, -0.05) is 19.1 Å². The van der Waals surface area contributed by atoms with Gasteiger partial charge in [0.15, 0.2) is 11.5 Å². The maximum atomic E-state index is 14.2. The fourth-order valence-electron chi connectivity index (χ4n) is 4.22. The minimum atomic E-state index is -1.20. The number of fused-ring (bicyclic) bond motifs is 2. The van der Waals surface area contributed by atoms with Crippen molar-refractivity contribution >= 4 is 11.9 Å². The van der Waals surface area contributed by atoms with Gasteiger partial charge >= 0.3 is 0 Å². The second kappa shape index (κ2) is 5.85. The van der Waals surface area contributed by atoms with Crippen molar-refractivity contribution in [3.05, 3.63) is 53.6 Å². The van der Waals surface area contributed by atoms with E-state index in [1.165, 1.54) is 11.1 Å². The van der Waals surface area contributed by atoms with E-state index in [4.69, 9.17) is 5.73 Å². The fourth-order valence-corrected chi connectivity index (χ4v) is 4.22. The van der Waals surface area contributed by atoms with Crippen LogP contribution in [-0.4, -0.2) is 40.5 Å². The first-order valence-electron chi connectivity index (χ1n) is 8.78. The number of carbonyl (C=O) groups is 1. The predicted octanol–water partition coefficient (Wildman–Crippen LogP) is 1.81. The van der Waals surface area contributed by atoms with E-state index in [0.717, 1.165) is 5.56 Å². The van der Waals surface area contributed by atoms with E-state index in [2.05, 4.69) is 9.98 Å². The van der Waals surface area contributed by atoms with Crippen LogP contribution in [-0.2, 0) is 16.8 Å². The number of aliphatic hydroxyl groups is 1. The van der Waals surface area contributed by atoms with E-state index >= 15 is 0 Å². The smallest absolute Gasteiger partial charge is 0.261 e. The normalized spacial score (nSPS) is 27.0. The molecule has 1 aliphatic heterocycles. The van der Waals surface area contributed by atoms with Crippen LogP contribution in [0.25, 0.3) is 11.1 Å². The first-order chi connectivity index (χ1) is 12.8. The third-order valence-corrected chi connectivity index (χ3v) is 5.61. The average molecular weight is 368 g/mol. The third kappa shape index (κ3) is 2.53. The van der Waals surface area contributed by atoms with E-state index in [9.17, 15) is 14.3 Å². The second-order valence-electron chi connectivity index (χ2n) is 7.73. The second-order valence-corrected chi connectivity index (χ2v) is 7.73. The summed E-state index contributed by atoms with van der Waals surface area (Å²) in [6.45, 7) is 1.86. The van der Waals surface area contributed by atoms with Crippen molar-refractivity contribution in [2.45, 2.75) is 25.3 Å². The number of likely N-dealkylation sites (N-methyl/N-ethyl adjacent to an activating group) is 1. The summed E-state index contributed by atoms with van der Waals surface area (Å²) in [5.41, 5.74) is 6.87. The summed E-state index contributed by atoms with van der Waals surface area (Å²) in [7, 11) is 1.59. The molecule has 0 saturated carbocycles. The van der Waals surface area contributed by atoms with Crippen LogP contribution in [0.5, 0.6) is 0 Å². The Balaban J connectivity index is 1.95. The molecule has 0 saturated heterocycles. The Morgan fingerprint density at radius 3 is 2.78 bits per heavy atom. The third-order valence-electron chi connectivity index (χ3n) is 5.61. The van der Waals surface area contributed by atoms with Crippen LogP contribution < -0.4 is 5.73 Å². The zero-order valence-electron chi connectivity index (χ0n) is 15.2. The molecule has 140 valence electrons. The van der Waals surface area contributed by atoms with Gasteiger partial charge in [-0.15, -0.1) is 0 Å². The molecule has 1 aromatic heterocycles. The molecular weight excluding hydrogens is 347 g/mol. The SMILES string of the molecule is CN1C(=O)[C@]2(C[C@@](C)(CO)Cc3ccc(-c4cccnc4F)cc32)N=C1N. The highest BCUT2D eigenvalue weighted by Crippen LogP contribution is 2.50. The largest absolute Gasteiger partial charge is 0.396 e. The molecule has 0 radical (unpaired) electrons. The number of nitrogens with two attached hydrogens (primary N) is 1. The van der Waals surface area contributed by atoms with Gasteiger partial charge in [0.1, 0.15) is 0 Å². The van der Waals surface area contributed by atoms with Gasteiger partial charge in [-0.3, -0.25) is 9.69 Å². The van der Waals surface area contributed by atoms with Gasteiger partial charge in [0.05, 0.1) is 0 Å². The number of aliphatic hydroxyl groups excluding tert-OH is 1. The van der Waals surface area contributed by atoms with Crippen LogP contribution in [0.4, 0.5) is 4.39 Å². The maximum Gasteiger partial charge on any atom is 0.261 e.